The van der Waals surface area contributed by atoms with E-state index in [-0.39, 0.29) is 11.0 Å². The summed E-state index contributed by atoms with van der Waals surface area (Å²) in [6.45, 7) is 0.693. The molecule has 0 aliphatic carbocycles. The SMILES string of the molecule is NCCC1Cc2ccccc2C(c2ccccc2)=N1.O.O.O=C([O-])C(=O)[O-]. The molecule has 0 amide bonds. The lowest BCUT2D eigenvalue weighted by Gasteiger charge is -2.23. The van der Waals surface area contributed by atoms with E-state index in [1.807, 2.05) is 6.07 Å². The molecule has 0 saturated heterocycles. The molecule has 0 aromatic heterocycles. The van der Waals surface area contributed by atoms with Crippen molar-refractivity contribution in [2.75, 3.05) is 6.54 Å². The minimum absolute atomic E-state index is 0. The number of aliphatic carboxylic acids is 2. The molecule has 6 N–H and O–H groups in total. The van der Waals surface area contributed by atoms with Crippen LogP contribution in [0.15, 0.2) is 59.6 Å². The van der Waals surface area contributed by atoms with Crippen LogP contribution in [0.1, 0.15) is 23.1 Å². The second-order valence-electron chi connectivity index (χ2n) is 5.51. The van der Waals surface area contributed by atoms with Crippen LogP contribution in [0.3, 0.4) is 0 Å². The number of carbonyl (C=O) groups excluding carboxylic acids is 2. The standard InChI is InChI=1S/C17H18N2.C2H2O4.2H2O/c18-11-10-15-12-14-8-4-5-9-16(14)17(19-15)13-6-2-1-3-7-13;3-1(4)2(5)6;;/h1-9,15H,10-12,18H2;(H,3,4)(H,5,6);2*1H2/p-2. The van der Waals surface area contributed by atoms with E-state index in [9.17, 15) is 0 Å². The molecule has 0 bridgehead atoms. The summed E-state index contributed by atoms with van der Waals surface area (Å²) in [6, 6.07) is 19.3. The Morgan fingerprint density at radius 1 is 0.963 bits per heavy atom. The van der Waals surface area contributed by atoms with Crippen LogP contribution in [0.2, 0.25) is 0 Å². The quantitative estimate of drug-likeness (QED) is 0.588. The van der Waals surface area contributed by atoms with Crippen LogP contribution in [-0.2, 0) is 16.0 Å². The fourth-order valence-electron chi connectivity index (χ4n) is 2.67. The molecule has 1 unspecified atom stereocenters. The molecular formula is C19H22N2O6-2. The van der Waals surface area contributed by atoms with Crippen LogP contribution in [0.5, 0.6) is 0 Å². The van der Waals surface area contributed by atoms with Crippen molar-refractivity contribution in [2.24, 2.45) is 10.7 Å². The Labute approximate surface area is 156 Å². The van der Waals surface area contributed by atoms with E-state index in [0.717, 1.165) is 18.6 Å². The van der Waals surface area contributed by atoms with Crippen LogP contribution >= 0.6 is 0 Å². The van der Waals surface area contributed by atoms with Gasteiger partial charge in [0.2, 0.25) is 0 Å². The Morgan fingerprint density at radius 2 is 1.52 bits per heavy atom. The summed E-state index contributed by atoms with van der Waals surface area (Å²) in [6.07, 6.45) is 1.95. The first-order chi connectivity index (χ1) is 12.0. The number of carbonyl (C=O) groups is 2. The zero-order chi connectivity index (χ0) is 18.2. The Hall–Kier alpha value is -3.07. The number of aliphatic imine (C=N–C) groups is 1. The number of carboxylic acid groups (broad SMARTS) is 2. The van der Waals surface area contributed by atoms with Gasteiger partial charge >= 0.3 is 0 Å². The smallest absolute Gasteiger partial charge is 0.0870 e. The van der Waals surface area contributed by atoms with E-state index >= 15 is 0 Å². The highest BCUT2D eigenvalue weighted by Crippen LogP contribution is 2.24. The van der Waals surface area contributed by atoms with Gasteiger partial charge in [-0.05, 0) is 24.9 Å². The number of hydrogen-bond donors (Lipinski definition) is 1. The molecule has 1 heterocycles. The number of carboxylic acids is 2. The van der Waals surface area contributed by atoms with Crippen molar-refractivity contribution >= 4 is 17.7 Å². The lowest BCUT2D eigenvalue weighted by atomic mass is 9.89. The largest absolute Gasteiger partial charge is 0.543 e. The number of benzene rings is 2. The molecule has 2 aromatic carbocycles. The maximum absolute atomic E-state index is 8.93. The first-order valence-electron chi connectivity index (χ1n) is 7.86. The summed E-state index contributed by atoms with van der Waals surface area (Å²) >= 11 is 0. The van der Waals surface area contributed by atoms with E-state index in [2.05, 4.69) is 48.5 Å². The van der Waals surface area contributed by atoms with E-state index in [1.165, 1.54) is 16.7 Å². The summed E-state index contributed by atoms with van der Waals surface area (Å²) in [4.78, 5) is 22.8. The minimum atomic E-state index is -2.19. The average Bonchev–Trinajstić information content (AvgIpc) is 2.62. The third-order valence-corrected chi connectivity index (χ3v) is 3.75. The van der Waals surface area contributed by atoms with Crippen LogP contribution in [-0.4, -0.2) is 41.2 Å². The van der Waals surface area contributed by atoms with Crippen molar-refractivity contribution in [3.63, 3.8) is 0 Å². The molecule has 146 valence electrons. The van der Waals surface area contributed by atoms with Crippen molar-refractivity contribution in [2.45, 2.75) is 18.9 Å². The summed E-state index contributed by atoms with van der Waals surface area (Å²) in [5.41, 5.74) is 10.6. The van der Waals surface area contributed by atoms with Gasteiger partial charge in [-0.1, -0.05) is 54.6 Å². The lowest BCUT2D eigenvalue weighted by Crippen LogP contribution is -2.42. The maximum Gasteiger partial charge on any atom is 0.0870 e. The molecule has 8 nitrogen and oxygen atoms in total. The van der Waals surface area contributed by atoms with Crippen LogP contribution < -0.4 is 15.9 Å². The fourth-order valence-corrected chi connectivity index (χ4v) is 2.67. The van der Waals surface area contributed by atoms with Crippen molar-refractivity contribution < 1.29 is 30.8 Å². The van der Waals surface area contributed by atoms with Gasteiger partial charge in [-0.3, -0.25) is 4.99 Å². The van der Waals surface area contributed by atoms with Crippen LogP contribution in [0, 0.1) is 0 Å². The van der Waals surface area contributed by atoms with E-state index < -0.39 is 11.9 Å². The molecule has 3 rings (SSSR count). The van der Waals surface area contributed by atoms with Crippen LogP contribution in [0.25, 0.3) is 0 Å². The summed E-state index contributed by atoms with van der Waals surface area (Å²) < 4.78 is 0. The Bertz CT molecular complexity index is 765. The molecule has 2 aromatic rings. The van der Waals surface area contributed by atoms with Gasteiger partial charge in [0.1, 0.15) is 0 Å². The van der Waals surface area contributed by atoms with E-state index in [4.69, 9.17) is 30.5 Å². The highest BCUT2D eigenvalue weighted by molar-refractivity contribution is 6.25. The molecule has 0 saturated carbocycles. The first-order valence-corrected chi connectivity index (χ1v) is 7.86. The van der Waals surface area contributed by atoms with Crippen LogP contribution in [0.4, 0.5) is 0 Å². The Morgan fingerprint density at radius 3 is 2.07 bits per heavy atom. The van der Waals surface area contributed by atoms with E-state index in [1.54, 1.807) is 0 Å². The third kappa shape index (κ3) is 6.63. The molecule has 8 heteroatoms. The van der Waals surface area contributed by atoms with Crippen molar-refractivity contribution in [1.82, 2.24) is 0 Å². The molecule has 1 aliphatic heterocycles. The van der Waals surface area contributed by atoms with Gasteiger partial charge in [-0.25, -0.2) is 0 Å². The maximum atomic E-state index is 8.93. The number of nitrogens with zero attached hydrogens (tertiary/aromatic N) is 1. The Balaban J connectivity index is 0.000000744. The van der Waals surface area contributed by atoms with Gasteiger partial charge in [-0.15, -0.1) is 0 Å². The first kappa shape index (κ1) is 23.9. The van der Waals surface area contributed by atoms with Gasteiger partial charge in [-0.2, -0.15) is 0 Å². The molecule has 1 aliphatic rings. The normalized spacial score (nSPS) is 14.1. The zero-order valence-corrected chi connectivity index (χ0v) is 14.6. The molecule has 0 fully saturated rings. The van der Waals surface area contributed by atoms with Crippen molar-refractivity contribution in [3.8, 4) is 0 Å². The molecule has 1 atom stereocenters. The molecule has 0 radical (unpaired) electrons. The zero-order valence-electron chi connectivity index (χ0n) is 14.6. The van der Waals surface area contributed by atoms with Gasteiger partial charge in [0, 0.05) is 11.1 Å². The van der Waals surface area contributed by atoms with E-state index in [0.29, 0.717) is 12.6 Å². The summed E-state index contributed by atoms with van der Waals surface area (Å²) in [5, 5.41) is 17.9. The van der Waals surface area contributed by atoms with Gasteiger partial charge in [0.05, 0.1) is 23.7 Å². The topological polar surface area (TPSA) is 182 Å². The highest BCUT2D eigenvalue weighted by Gasteiger charge is 2.20. The number of rotatable bonds is 3. The lowest BCUT2D eigenvalue weighted by molar-refractivity contribution is -0.345. The van der Waals surface area contributed by atoms with Crippen molar-refractivity contribution in [1.29, 1.82) is 0 Å². The second-order valence-corrected chi connectivity index (χ2v) is 5.51. The summed E-state index contributed by atoms with van der Waals surface area (Å²) in [5.74, 6) is -4.37. The van der Waals surface area contributed by atoms with Crippen molar-refractivity contribution in [3.05, 3.63) is 71.3 Å². The number of nitrogens with two attached hydrogens (primary N) is 1. The predicted octanol–water partition coefficient (Wildman–Crippen LogP) is -2.37. The Kier molecular flexibility index (Phi) is 10.2. The monoisotopic (exact) mass is 374 g/mol. The molecular weight excluding hydrogens is 352 g/mol. The van der Waals surface area contributed by atoms with Gasteiger partial charge < -0.3 is 36.5 Å². The molecule has 27 heavy (non-hydrogen) atoms. The summed E-state index contributed by atoms with van der Waals surface area (Å²) in [7, 11) is 0. The average molecular weight is 374 g/mol. The van der Waals surface area contributed by atoms with Gasteiger partial charge in [0.25, 0.3) is 0 Å². The van der Waals surface area contributed by atoms with Gasteiger partial charge in [0.15, 0.2) is 0 Å². The second kappa shape index (κ2) is 11.5. The fraction of sp³-hybridized carbons (Fsp3) is 0.211. The third-order valence-electron chi connectivity index (χ3n) is 3.75. The molecule has 0 spiro atoms. The minimum Gasteiger partial charge on any atom is -0.543 e. The number of hydrogen-bond acceptors (Lipinski definition) is 6. The predicted molar refractivity (Wildman–Crippen MR) is 96.9 cm³/mol. The highest BCUT2D eigenvalue weighted by atomic mass is 16.4. The number of fused-ring (bicyclic) bond motifs is 1.